The highest BCUT2D eigenvalue weighted by atomic mass is 32.1. The maximum absolute atomic E-state index is 12.2. The molecule has 2 aromatic heterocycles. The Bertz CT molecular complexity index is 752. The van der Waals surface area contributed by atoms with Crippen molar-refractivity contribution >= 4 is 22.4 Å². The molecule has 0 saturated heterocycles. The van der Waals surface area contributed by atoms with E-state index < -0.39 is 0 Å². The summed E-state index contributed by atoms with van der Waals surface area (Å²) < 4.78 is 10.4. The lowest BCUT2D eigenvalue weighted by molar-refractivity contribution is 0.102. The summed E-state index contributed by atoms with van der Waals surface area (Å²) in [6.07, 6.45) is 1.56. The van der Waals surface area contributed by atoms with E-state index in [4.69, 9.17) is 9.15 Å². The quantitative estimate of drug-likeness (QED) is 0.801. The Kier molecular flexibility index (Phi) is 3.65. The number of aromatic nitrogens is 2. The molecule has 106 valence electrons. The molecule has 0 aliphatic rings. The minimum atomic E-state index is -0.297. The number of methoxy groups -OCH3 is 1. The molecule has 0 unspecified atom stereocenters. The van der Waals surface area contributed by atoms with Gasteiger partial charge in [-0.3, -0.25) is 10.1 Å². The van der Waals surface area contributed by atoms with Crippen LogP contribution in [0.15, 0.2) is 47.1 Å². The van der Waals surface area contributed by atoms with Crippen molar-refractivity contribution in [3.63, 3.8) is 0 Å². The van der Waals surface area contributed by atoms with E-state index in [0.717, 1.165) is 0 Å². The van der Waals surface area contributed by atoms with Crippen molar-refractivity contribution in [1.29, 1.82) is 0 Å². The molecule has 0 spiro atoms. The van der Waals surface area contributed by atoms with E-state index in [9.17, 15) is 4.79 Å². The van der Waals surface area contributed by atoms with Crippen molar-refractivity contribution in [1.82, 2.24) is 10.2 Å². The number of carbonyl (C=O) groups excluding carboxylic acids is 1. The zero-order valence-electron chi connectivity index (χ0n) is 11.1. The zero-order valence-corrected chi connectivity index (χ0v) is 11.9. The lowest BCUT2D eigenvalue weighted by Crippen LogP contribution is -2.12. The molecule has 1 aromatic carbocycles. The molecule has 0 atom stereocenters. The average molecular weight is 301 g/mol. The maximum Gasteiger partial charge on any atom is 0.261 e. The number of rotatable bonds is 4. The van der Waals surface area contributed by atoms with Crippen LogP contribution in [0.5, 0.6) is 5.75 Å². The number of benzene rings is 1. The maximum atomic E-state index is 12.2. The van der Waals surface area contributed by atoms with Gasteiger partial charge in [0, 0.05) is 0 Å². The Labute approximate surface area is 124 Å². The molecule has 1 amide bonds. The lowest BCUT2D eigenvalue weighted by Gasteiger charge is -2.06. The van der Waals surface area contributed by atoms with Gasteiger partial charge in [0.2, 0.25) is 5.13 Å². The number of amides is 1. The first kappa shape index (κ1) is 13.3. The van der Waals surface area contributed by atoms with Gasteiger partial charge in [-0.1, -0.05) is 23.5 Å². The molecule has 0 bridgehead atoms. The van der Waals surface area contributed by atoms with Crippen molar-refractivity contribution < 1.29 is 13.9 Å². The minimum Gasteiger partial charge on any atom is -0.496 e. The molecule has 2 heterocycles. The van der Waals surface area contributed by atoms with Gasteiger partial charge in [-0.2, -0.15) is 0 Å². The van der Waals surface area contributed by atoms with E-state index in [1.807, 2.05) is 0 Å². The molecule has 6 nitrogen and oxygen atoms in total. The number of carbonyl (C=O) groups is 1. The van der Waals surface area contributed by atoms with Crippen LogP contribution in [0.3, 0.4) is 0 Å². The summed E-state index contributed by atoms with van der Waals surface area (Å²) in [5, 5.41) is 11.6. The fourth-order valence-electron chi connectivity index (χ4n) is 1.77. The Hall–Kier alpha value is -2.67. The number of hydrogen-bond donors (Lipinski definition) is 1. The van der Waals surface area contributed by atoms with Gasteiger partial charge in [0.05, 0.1) is 18.9 Å². The van der Waals surface area contributed by atoms with Crippen molar-refractivity contribution in [3.8, 4) is 16.5 Å². The number of furan rings is 1. The van der Waals surface area contributed by atoms with Gasteiger partial charge in [-0.05, 0) is 24.3 Å². The SMILES string of the molecule is COc1ccccc1C(=O)Nc1nnc(-c2ccco2)s1. The van der Waals surface area contributed by atoms with Crippen LogP contribution in [0.4, 0.5) is 5.13 Å². The topological polar surface area (TPSA) is 77.2 Å². The monoisotopic (exact) mass is 301 g/mol. The third-order valence-electron chi connectivity index (χ3n) is 2.73. The first-order valence-corrected chi connectivity index (χ1v) is 6.91. The van der Waals surface area contributed by atoms with Gasteiger partial charge >= 0.3 is 0 Å². The Balaban J connectivity index is 1.79. The van der Waals surface area contributed by atoms with Crippen LogP contribution in [0.1, 0.15) is 10.4 Å². The summed E-state index contributed by atoms with van der Waals surface area (Å²) in [4.78, 5) is 12.2. The predicted octanol–water partition coefficient (Wildman–Crippen LogP) is 3.06. The normalized spacial score (nSPS) is 10.3. The largest absolute Gasteiger partial charge is 0.496 e. The van der Waals surface area contributed by atoms with Gasteiger partial charge in [-0.15, -0.1) is 10.2 Å². The van der Waals surface area contributed by atoms with Crippen LogP contribution in [-0.4, -0.2) is 23.2 Å². The molecule has 0 radical (unpaired) electrons. The second-order valence-electron chi connectivity index (χ2n) is 4.04. The highest BCUT2D eigenvalue weighted by molar-refractivity contribution is 7.18. The highest BCUT2D eigenvalue weighted by Crippen LogP contribution is 2.27. The van der Waals surface area contributed by atoms with Crippen molar-refractivity contribution in [2.45, 2.75) is 0 Å². The third-order valence-corrected chi connectivity index (χ3v) is 3.58. The first-order valence-electron chi connectivity index (χ1n) is 6.09. The molecule has 1 N–H and O–H groups in total. The fraction of sp³-hybridized carbons (Fsp3) is 0.0714. The summed E-state index contributed by atoms with van der Waals surface area (Å²) in [6, 6.07) is 10.5. The van der Waals surface area contributed by atoms with Gasteiger partial charge in [-0.25, -0.2) is 0 Å². The van der Waals surface area contributed by atoms with E-state index in [1.54, 1.807) is 42.7 Å². The fourth-order valence-corrected chi connectivity index (χ4v) is 2.48. The predicted molar refractivity (Wildman–Crippen MR) is 78.6 cm³/mol. The second kappa shape index (κ2) is 5.76. The van der Waals surface area contributed by atoms with Gasteiger partial charge < -0.3 is 9.15 Å². The van der Waals surface area contributed by atoms with Crippen LogP contribution in [0.2, 0.25) is 0 Å². The molecule has 21 heavy (non-hydrogen) atoms. The summed E-state index contributed by atoms with van der Waals surface area (Å²) in [6.45, 7) is 0. The number of hydrogen-bond acceptors (Lipinski definition) is 6. The lowest BCUT2D eigenvalue weighted by atomic mass is 10.2. The van der Waals surface area contributed by atoms with E-state index in [2.05, 4.69) is 15.5 Å². The summed E-state index contributed by atoms with van der Waals surface area (Å²) in [7, 11) is 1.52. The second-order valence-corrected chi connectivity index (χ2v) is 5.02. The van der Waals surface area contributed by atoms with Gasteiger partial charge in [0.1, 0.15) is 5.75 Å². The molecular weight excluding hydrogens is 290 g/mol. The van der Waals surface area contributed by atoms with Crippen LogP contribution in [0, 0.1) is 0 Å². The van der Waals surface area contributed by atoms with Crippen LogP contribution < -0.4 is 10.1 Å². The number of anilines is 1. The molecule has 0 saturated carbocycles. The Morgan fingerprint density at radius 1 is 1.24 bits per heavy atom. The number of nitrogens with one attached hydrogen (secondary N) is 1. The molecule has 3 rings (SSSR count). The number of nitrogens with zero attached hydrogens (tertiary/aromatic N) is 2. The summed E-state index contributed by atoms with van der Waals surface area (Å²) in [5.41, 5.74) is 0.440. The van der Waals surface area contributed by atoms with Crippen molar-refractivity contribution in [2.75, 3.05) is 12.4 Å². The summed E-state index contributed by atoms with van der Waals surface area (Å²) in [5.74, 6) is 0.825. The van der Waals surface area contributed by atoms with E-state index in [1.165, 1.54) is 18.4 Å². The van der Waals surface area contributed by atoms with Gasteiger partial charge in [0.25, 0.3) is 5.91 Å². The molecule has 0 fully saturated rings. The average Bonchev–Trinajstić information content (AvgIpc) is 3.17. The smallest absolute Gasteiger partial charge is 0.261 e. The highest BCUT2D eigenvalue weighted by Gasteiger charge is 2.15. The van der Waals surface area contributed by atoms with Crippen molar-refractivity contribution in [2.24, 2.45) is 0 Å². The zero-order chi connectivity index (χ0) is 14.7. The Morgan fingerprint density at radius 2 is 2.10 bits per heavy atom. The summed E-state index contributed by atoms with van der Waals surface area (Å²) >= 11 is 1.24. The van der Waals surface area contributed by atoms with E-state index >= 15 is 0 Å². The van der Waals surface area contributed by atoms with Crippen LogP contribution >= 0.6 is 11.3 Å². The molecule has 7 heteroatoms. The van der Waals surface area contributed by atoms with Gasteiger partial charge in [0.15, 0.2) is 10.8 Å². The van der Waals surface area contributed by atoms with Crippen LogP contribution in [-0.2, 0) is 0 Å². The van der Waals surface area contributed by atoms with Crippen LogP contribution in [0.25, 0.3) is 10.8 Å². The molecule has 0 aliphatic heterocycles. The molecule has 0 aliphatic carbocycles. The molecule has 3 aromatic rings. The number of para-hydroxylation sites is 1. The Morgan fingerprint density at radius 3 is 2.86 bits per heavy atom. The number of ether oxygens (including phenoxy) is 1. The first-order chi connectivity index (χ1) is 10.3. The third kappa shape index (κ3) is 2.77. The van der Waals surface area contributed by atoms with E-state index in [0.29, 0.717) is 27.2 Å². The minimum absolute atomic E-state index is 0.297. The van der Waals surface area contributed by atoms with E-state index in [-0.39, 0.29) is 5.91 Å². The standard InChI is InChI=1S/C14H11N3O3S/c1-19-10-6-3-2-5-9(10)12(18)15-14-17-16-13(21-14)11-7-4-8-20-11/h2-8H,1H3,(H,15,17,18). The van der Waals surface area contributed by atoms with Crippen molar-refractivity contribution in [3.05, 3.63) is 48.2 Å². The molecular formula is C14H11N3O3S.